The van der Waals surface area contributed by atoms with Crippen molar-refractivity contribution in [3.05, 3.63) is 54.6 Å². The maximum Gasteiger partial charge on any atom is 0.411 e. The van der Waals surface area contributed by atoms with Gasteiger partial charge >= 0.3 is 12.1 Å². The molecule has 1 spiro atoms. The summed E-state index contributed by atoms with van der Waals surface area (Å²) in [6.07, 6.45) is 0.166. The zero-order chi connectivity index (χ0) is 25.7. The highest BCUT2D eigenvalue weighted by Gasteiger charge is 2.65. The van der Waals surface area contributed by atoms with E-state index in [-0.39, 0.29) is 12.6 Å². The first-order chi connectivity index (χ1) is 17.1. The fraction of sp³-hybridized carbons (Fsp3) is 0.393. The maximum absolute atomic E-state index is 12.8. The summed E-state index contributed by atoms with van der Waals surface area (Å²) < 4.78 is 17.4. The molecule has 1 aliphatic heterocycles. The van der Waals surface area contributed by atoms with Crippen molar-refractivity contribution in [2.24, 2.45) is 5.41 Å². The number of aromatic nitrogens is 1. The summed E-state index contributed by atoms with van der Waals surface area (Å²) in [7, 11) is 1.61. The third-order valence-corrected chi connectivity index (χ3v) is 6.81. The number of pyridine rings is 1. The number of ether oxygens (including phenoxy) is 3. The topological polar surface area (TPSA) is 98.2 Å². The normalized spacial score (nSPS) is 23.1. The van der Waals surface area contributed by atoms with Crippen LogP contribution in [-0.4, -0.2) is 58.5 Å². The van der Waals surface area contributed by atoms with E-state index in [1.54, 1.807) is 27.9 Å². The van der Waals surface area contributed by atoms with Gasteiger partial charge < -0.3 is 19.3 Å². The third-order valence-electron chi connectivity index (χ3n) is 6.81. The van der Waals surface area contributed by atoms with Gasteiger partial charge in [0.25, 0.3) is 0 Å². The number of carboxylic acids is 1. The van der Waals surface area contributed by atoms with Gasteiger partial charge in [0.05, 0.1) is 18.3 Å². The summed E-state index contributed by atoms with van der Waals surface area (Å²) in [4.78, 5) is 30.9. The minimum atomic E-state index is -1.03. The molecule has 8 nitrogen and oxygen atoms in total. The van der Waals surface area contributed by atoms with Gasteiger partial charge in [-0.2, -0.15) is 0 Å². The Labute approximate surface area is 209 Å². The van der Waals surface area contributed by atoms with Crippen LogP contribution in [0.15, 0.2) is 54.6 Å². The van der Waals surface area contributed by atoms with E-state index in [1.807, 2.05) is 54.6 Å². The molecule has 8 heteroatoms. The van der Waals surface area contributed by atoms with Crippen molar-refractivity contribution in [1.82, 2.24) is 9.88 Å². The third kappa shape index (κ3) is 4.55. The van der Waals surface area contributed by atoms with Crippen LogP contribution in [-0.2, 0) is 9.53 Å². The zero-order valence-electron chi connectivity index (χ0n) is 20.9. The molecule has 36 heavy (non-hydrogen) atoms. The average molecular weight is 491 g/mol. The zero-order valence-corrected chi connectivity index (χ0v) is 20.9. The Balaban J connectivity index is 1.44. The summed E-state index contributed by atoms with van der Waals surface area (Å²) >= 11 is 0. The monoisotopic (exact) mass is 490 g/mol. The average Bonchev–Trinajstić information content (AvgIpc) is 3.33. The van der Waals surface area contributed by atoms with Crippen LogP contribution in [0.25, 0.3) is 22.2 Å². The number of carboxylic acid groups (broad SMARTS) is 1. The molecule has 2 heterocycles. The van der Waals surface area contributed by atoms with Crippen LogP contribution in [0.5, 0.6) is 11.5 Å². The van der Waals surface area contributed by atoms with E-state index >= 15 is 0 Å². The van der Waals surface area contributed by atoms with Crippen molar-refractivity contribution >= 4 is 23.0 Å². The van der Waals surface area contributed by atoms with Crippen LogP contribution in [0, 0.1) is 5.41 Å². The molecular weight excluding hydrogens is 460 g/mol. The standard InChI is InChI=1S/C28H30N2O6/c1-27(2,3)36-26(33)30-16-28(14-22(30)25(31)32)15-24(28)35-23-13-20(17-8-6-5-7-9-17)29-21-12-18(34-4)10-11-19(21)23/h5-13,22,24H,14-16H2,1-4H3,(H,31,32). The first-order valence-electron chi connectivity index (χ1n) is 12.0. The lowest BCUT2D eigenvalue weighted by molar-refractivity contribution is -0.142. The van der Waals surface area contributed by atoms with E-state index in [9.17, 15) is 14.7 Å². The van der Waals surface area contributed by atoms with E-state index in [2.05, 4.69) is 0 Å². The minimum Gasteiger partial charge on any atom is -0.497 e. The molecule has 1 amide bonds. The lowest BCUT2D eigenvalue weighted by Gasteiger charge is -2.26. The Morgan fingerprint density at radius 3 is 2.50 bits per heavy atom. The van der Waals surface area contributed by atoms with Gasteiger partial charge in [0.2, 0.25) is 0 Å². The highest BCUT2D eigenvalue weighted by Crippen LogP contribution is 2.57. The highest BCUT2D eigenvalue weighted by atomic mass is 16.6. The molecule has 0 bridgehead atoms. The van der Waals surface area contributed by atoms with Gasteiger partial charge in [-0.1, -0.05) is 30.3 Å². The molecule has 3 aromatic rings. The minimum absolute atomic E-state index is 0.219. The SMILES string of the molecule is COc1ccc2c(OC3CC34CC(C(=O)O)N(C(=O)OC(C)(C)C)C4)cc(-c3ccccc3)nc2c1. The number of nitrogens with zero attached hydrogens (tertiary/aromatic N) is 2. The molecule has 1 aliphatic carbocycles. The number of hydrogen-bond acceptors (Lipinski definition) is 6. The Bertz CT molecular complexity index is 1320. The van der Waals surface area contributed by atoms with Crippen molar-refractivity contribution in [3.8, 4) is 22.8 Å². The fourth-order valence-corrected chi connectivity index (χ4v) is 4.91. The molecular formula is C28H30N2O6. The number of likely N-dealkylation sites (tertiary alicyclic amines) is 1. The highest BCUT2D eigenvalue weighted by molar-refractivity contribution is 5.89. The number of methoxy groups -OCH3 is 1. The number of carbonyl (C=O) groups excluding carboxylic acids is 1. The molecule has 2 aromatic carbocycles. The summed E-state index contributed by atoms with van der Waals surface area (Å²) in [5.74, 6) is 0.337. The van der Waals surface area contributed by atoms with Gasteiger partial charge in [0.15, 0.2) is 0 Å². The number of fused-ring (bicyclic) bond motifs is 1. The predicted molar refractivity (Wildman–Crippen MR) is 134 cm³/mol. The van der Waals surface area contributed by atoms with Gasteiger partial charge in [0.1, 0.15) is 29.2 Å². The lowest BCUT2D eigenvalue weighted by Crippen LogP contribution is -2.43. The van der Waals surface area contributed by atoms with Gasteiger partial charge in [-0.15, -0.1) is 0 Å². The Kier molecular flexibility index (Phi) is 5.77. The molecule has 1 aromatic heterocycles. The van der Waals surface area contributed by atoms with Gasteiger partial charge in [0, 0.05) is 35.0 Å². The molecule has 1 N–H and O–H groups in total. The van der Waals surface area contributed by atoms with Crippen LogP contribution in [0.2, 0.25) is 0 Å². The van der Waals surface area contributed by atoms with Crippen molar-refractivity contribution in [2.45, 2.75) is 51.4 Å². The molecule has 3 atom stereocenters. The molecule has 5 rings (SSSR count). The van der Waals surface area contributed by atoms with Crippen molar-refractivity contribution < 1.29 is 28.9 Å². The number of aliphatic carboxylic acids is 1. The molecule has 2 fully saturated rings. The molecule has 188 valence electrons. The Morgan fingerprint density at radius 1 is 1.08 bits per heavy atom. The lowest BCUT2D eigenvalue weighted by atomic mass is 10.0. The second kappa shape index (κ2) is 8.69. The van der Waals surface area contributed by atoms with Crippen LogP contribution in [0.1, 0.15) is 33.6 Å². The Morgan fingerprint density at radius 2 is 1.83 bits per heavy atom. The van der Waals surface area contributed by atoms with Crippen LogP contribution in [0.4, 0.5) is 4.79 Å². The predicted octanol–water partition coefficient (Wildman–Crippen LogP) is 5.14. The number of benzene rings is 2. The molecule has 3 unspecified atom stereocenters. The van der Waals surface area contributed by atoms with Crippen molar-refractivity contribution in [2.75, 3.05) is 13.7 Å². The first kappa shape index (κ1) is 23.9. The smallest absolute Gasteiger partial charge is 0.411 e. The van der Waals surface area contributed by atoms with Crippen LogP contribution < -0.4 is 9.47 Å². The largest absolute Gasteiger partial charge is 0.497 e. The summed E-state index contributed by atoms with van der Waals surface area (Å²) in [6.45, 7) is 5.59. The van der Waals surface area contributed by atoms with Gasteiger partial charge in [-0.3, -0.25) is 4.90 Å². The van der Waals surface area contributed by atoms with Crippen LogP contribution in [0.3, 0.4) is 0 Å². The van der Waals surface area contributed by atoms with Crippen molar-refractivity contribution in [1.29, 1.82) is 0 Å². The number of rotatable bonds is 5. The van der Waals surface area contributed by atoms with Gasteiger partial charge in [-0.05, 0) is 45.7 Å². The number of hydrogen-bond donors (Lipinski definition) is 1. The van der Waals surface area contributed by atoms with Crippen LogP contribution >= 0.6 is 0 Å². The fourth-order valence-electron chi connectivity index (χ4n) is 4.91. The summed E-state index contributed by atoms with van der Waals surface area (Å²) in [5.41, 5.74) is 1.34. The van der Waals surface area contributed by atoms with E-state index in [0.717, 1.165) is 22.2 Å². The van der Waals surface area contributed by atoms with E-state index in [4.69, 9.17) is 19.2 Å². The first-order valence-corrected chi connectivity index (χ1v) is 12.0. The summed E-state index contributed by atoms with van der Waals surface area (Å²) in [6, 6.07) is 16.5. The van der Waals surface area contributed by atoms with Gasteiger partial charge in [-0.25, -0.2) is 14.6 Å². The van der Waals surface area contributed by atoms with E-state index in [1.165, 1.54) is 4.90 Å². The molecule has 1 saturated heterocycles. The second-order valence-corrected chi connectivity index (χ2v) is 10.6. The Hall–Kier alpha value is -3.81. The van der Waals surface area contributed by atoms with E-state index < -0.39 is 29.1 Å². The molecule has 0 radical (unpaired) electrons. The maximum atomic E-state index is 12.8. The number of amides is 1. The van der Waals surface area contributed by atoms with Crippen molar-refractivity contribution in [3.63, 3.8) is 0 Å². The summed E-state index contributed by atoms with van der Waals surface area (Å²) in [5, 5.41) is 10.7. The quantitative estimate of drug-likeness (QED) is 0.529. The number of carbonyl (C=O) groups is 2. The molecule has 1 saturated carbocycles. The second-order valence-electron chi connectivity index (χ2n) is 10.6. The van der Waals surface area contributed by atoms with E-state index in [0.29, 0.717) is 24.3 Å². The molecule has 2 aliphatic rings.